The zero-order valence-electron chi connectivity index (χ0n) is 16.3. The predicted octanol–water partition coefficient (Wildman–Crippen LogP) is -0.0412. The lowest BCUT2D eigenvalue weighted by molar-refractivity contribution is -0.144. The Morgan fingerprint density at radius 3 is 2.46 bits per heavy atom. The minimum Gasteiger partial charge on any atom is -0.379 e. The first-order chi connectivity index (χ1) is 13.7. The molecule has 0 atom stereocenters. The van der Waals surface area contributed by atoms with Crippen LogP contribution in [0.3, 0.4) is 0 Å². The molecule has 3 fully saturated rings. The van der Waals surface area contributed by atoms with E-state index in [1.807, 2.05) is 23.1 Å². The number of amides is 2. The maximum Gasteiger partial charge on any atom is 0.238 e. The van der Waals surface area contributed by atoms with E-state index in [-0.39, 0.29) is 11.8 Å². The number of anilines is 1. The summed E-state index contributed by atoms with van der Waals surface area (Å²) in [6.07, 6.45) is 3.11. The second-order valence-electron chi connectivity index (χ2n) is 7.76. The minimum absolute atomic E-state index is 0.00274. The number of pyridine rings is 1. The van der Waals surface area contributed by atoms with Crippen LogP contribution in [0.1, 0.15) is 12.8 Å². The van der Waals surface area contributed by atoms with E-state index in [2.05, 4.69) is 20.1 Å². The molecule has 0 aromatic carbocycles. The Morgan fingerprint density at radius 1 is 1.07 bits per heavy atom. The Bertz CT molecular complexity index is 680. The average molecular weight is 387 g/mol. The first-order valence-corrected chi connectivity index (χ1v) is 10.2. The average Bonchev–Trinajstić information content (AvgIpc) is 3.57. The zero-order chi connectivity index (χ0) is 19.4. The zero-order valence-corrected chi connectivity index (χ0v) is 16.3. The highest BCUT2D eigenvalue weighted by atomic mass is 16.5. The molecule has 1 saturated carbocycles. The van der Waals surface area contributed by atoms with Crippen LogP contribution in [0.15, 0.2) is 24.4 Å². The van der Waals surface area contributed by atoms with Crippen molar-refractivity contribution < 1.29 is 14.3 Å². The van der Waals surface area contributed by atoms with Gasteiger partial charge in [0.05, 0.1) is 13.2 Å². The SMILES string of the molecule is O=C(NCCN1CCOCC1)C1(C(=O)N2CCN(c3ccccn3)CC2)CC1. The summed E-state index contributed by atoms with van der Waals surface area (Å²) in [5, 5.41) is 3.00. The van der Waals surface area contributed by atoms with Crippen molar-refractivity contribution in [1.29, 1.82) is 0 Å². The van der Waals surface area contributed by atoms with Crippen molar-refractivity contribution in [3.63, 3.8) is 0 Å². The van der Waals surface area contributed by atoms with Gasteiger partial charge in [-0.15, -0.1) is 0 Å². The molecule has 0 unspecified atom stereocenters. The first-order valence-electron chi connectivity index (χ1n) is 10.2. The van der Waals surface area contributed by atoms with Crippen LogP contribution in [-0.2, 0) is 14.3 Å². The number of nitrogens with one attached hydrogen (secondary N) is 1. The molecular formula is C20H29N5O3. The summed E-state index contributed by atoms with van der Waals surface area (Å²) in [6, 6.07) is 5.86. The van der Waals surface area contributed by atoms with Gasteiger partial charge in [-0.25, -0.2) is 4.98 Å². The molecule has 1 aromatic heterocycles. The molecule has 2 aliphatic heterocycles. The standard InChI is InChI=1S/C20H29N5O3/c26-18(22-7-8-23-13-15-28-16-14-23)20(4-5-20)19(27)25-11-9-24(10-12-25)17-3-1-2-6-21-17/h1-3,6H,4-5,7-16H2,(H,22,26). The van der Waals surface area contributed by atoms with Crippen LogP contribution in [-0.4, -0.2) is 92.2 Å². The molecule has 2 saturated heterocycles. The number of carbonyl (C=O) groups is 2. The van der Waals surface area contributed by atoms with Crippen LogP contribution in [0.5, 0.6) is 0 Å². The molecule has 3 heterocycles. The molecule has 2 amide bonds. The largest absolute Gasteiger partial charge is 0.379 e. The molecule has 4 rings (SSSR count). The van der Waals surface area contributed by atoms with Crippen molar-refractivity contribution in [2.75, 3.05) is 70.5 Å². The Balaban J connectivity index is 1.25. The number of rotatable bonds is 6. The van der Waals surface area contributed by atoms with Crippen LogP contribution >= 0.6 is 0 Å². The minimum atomic E-state index is -0.821. The van der Waals surface area contributed by atoms with Gasteiger partial charge in [-0.1, -0.05) is 6.07 Å². The fourth-order valence-electron chi connectivity index (χ4n) is 3.97. The van der Waals surface area contributed by atoms with E-state index in [1.165, 1.54) is 0 Å². The van der Waals surface area contributed by atoms with Crippen LogP contribution < -0.4 is 10.2 Å². The Hall–Kier alpha value is -2.19. The molecular weight excluding hydrogens is 358 g/mol. The molecule has 1 aromatic rings. The van der Waals surface area contributed by atoms with Crippen molar-refractivity contribution in [3.05, 3.63) is 24.4 Å². The number of nitrogens with zero attached hydrogens (tertiary/aromatic N) is 4. The molecule has 28 heavy (non-hydrogen) atoms. The number of morpholine rings is 1. The summed E-state index contributed by atoms with van der Waals surface area (Å²) in [4.78, 5) is 36.5. The van der Waals surface area contributed by atoms with Gasteiger partial charge in [-0.05, 0) is 25.0 Å². The van der Waals surface area contributed by atoms with Gasteiger partial charge in [0.25, 0.3) is 0 Å². The summed E-state index contributed by atoms with van der Waals surface area (Å²) in [6.45, 7) is 7.47. The smallest absolute Gasteiger partial charge is 0.238 e. The molecule has 8 nitrogen and oxygen atoms in total. The van der Waals surface area contributed by atoms with Gasteiger partial charge in [-0.3, -0.25) is 14.5 Å². The van der Waals surface area contributed by atoms with Crippen molar-refractivity contribution in [2.24, 2.45) is 5.41 Å². The Kier molecular flexibility index (Phi) is 5.77. The lowest BCUT2D eigenvalue weighted by Crippen LogP contribution is -2.53. The number of hydrogen-bond acceptors (Lipinski definition) is 6. The fraction of sp³-hybridized carbons (Fsp3) is 0.650. The second-order valence-corrected chi connectivity index (χ2v) is 7.76. The number of hydrogen-bond donors (Lipinski definition) is 1. The highest BCUT2D eigenvalue weighted by molar-refractivity contribution is 6.07. The van der Waals surface area contributed by atoms with Crippen molar-refractivity contribution >= 4 is 17.6 Å². The molecule has 8 heteroatoms. The van der Waals surface area contributed by atoms with E-state index in [4.69, 9.17) is 4.74 Å². The van der Waals surface area contributed by atoms with Gasteiger partial charge in [0.2, 0.25) is 11.8 Å². The van der Waals surface area contributed by atoms with Gasteiger partial charge in [0.1, 0.15) is 11.2 Å². The van der Waals surface area contributed by atoms with Crippen molar-refractivity contribution in [1.82, 2.24) is 20.1 Å². The van der Waals surface area contributed by atoms with E-state index in [0.29, 0.717) is 32.5 Å². The third-order valence-corrected chi connectivity index (χ3v) is 5.95. The van der Waals surface area contributed by atoms with Gasteiger partial charge in [-0.2, -0.15) is 0 Å². The van der Waals surface area contributed by atoms with Crippen LogP contribution in [0.4, 0.5) is 5.82 Å². The van der Waals surface area contributed by atoms with E-state index in [0.717, 1.165) is 51.8 Å². The highest BCUT2D eigenvalue weighted by Gasteiger charge is 2.58. The highest BCUT2D eigenvalue weighted by Crippen LogP contribution is 2.47. The lowest BCUT2D eigenvalue weighted by Gasteiger charge is -2.37. The topological polar surface area (TPSA) is 78.0 Å². The summed E-state index contributed by atoms with van der Waals surface area (Å²) < 4.78 is 5.34. The predicted molar refractivity (Wildman–Crippen MR) is 105 cm³/mol. The molecule has 152 valence electrons. The molecule has 3 aliphatic rings. The fourth-order valence-corrected chi connectivity index (χ4v) is 3.97. The maximum atomic E-state index is 13.0. The molecule has 0 bridgehead atoms. The van der Waals surface area contributed by atoms with Gasteiger partial charge in [0.15, 0.2) is 0 Å². The van der Waals surface area contributed by atoms with E-state index >= 15 is 0 Å². The third kappa shape index (κ3) is 4.12. The van der Waals surface area contributed by atoms with Crippen LogP contribution in [0, 0.1) is 5.41 Å². The lowest BCUT2D eigenvalue weighted by atomic mass is 10.0. The second kappa shape index (κ2) is 8.45. The van der Waals surface area contributed by atoms with E-state index in [9.17, 15) is 9.59 Å². The van der Waals surface area contributed by atoms with Crippen molar-refractivity contribution in [3.8, 4) is 0 Å². The normalized spacial score (nSPS) is 22.0. The molecule has 0 spiro atoms. The van der Waals surface area contributed by atoms with Crippen LogP contribution in [0.25, 0.3) is 0 Å². The molecule has 1 N–H and O–H groups in total. The summed E-state index contributed by atoms with van der Waals surface area (Å²) in [7, 11) is 0. The molecule has 0 radical (unpaired) electrons. The summed E-state index contributed by atoms with van der Waals surface area (Å²) >= 11 is 0. The Morgan fingerprint density at radius 2 is 1.82 bits per heavy atom. The number of aromatic nitrogens is 1. The van der Waals surface area contributed by atoms with E-state index in [1.54, 1.807) is 6.20 Å². The van der Waals surface area contributed by atoms with Gasteiger partial charge >= 0.3 is 0 Å². The first kappa shape index (κ1) is 19.1. The molecule has 1 aliphatic carbocycles. The number of piperazine rings is 1. The summed E-state index contributed by atoms with van der Waals surface area (Å²) in [5.41, 5.74) is -0.821. The van der Waals surface area contributed by atoms with Gasteiger partial charge in [0, 0.05) is 58.6 Å². The quantitative estimate of drug-likeness (QED) is 0.690. The van der Waals surface area contributed by atoms with Gasteiger partial charge < -0.3 is 19.9 Å². The number of carbonyl (C=O) groups excluding carboxylic acids is 2. The monoisotopic (exact) mass is 387 g/mol. The van der Waals surface area contributed by atoms with E-state index < -0.39 is 5.41 Å². The van der Waals surface area contributed by atoms with Crippen LogP contribution in [0.2, 0.25) is 0 Å². The number of ether oxygens (including phenoxy) is 1. The Labute approximate surface area is 165 Å². The maximum absolute atomic E-state index is 13.0. The third-order valence-electron chi connectivity index (χ3n) is 5.95. The summed E-state index contributed by atoms with van der Waals surface area (Å²) in [5.74, 6) is 0.839. The van der Waals surface area contributed by atoms with Crippen molar-refractivity contribution in [2.45, 2.75) is 12.8 Å².